The summed E-state index contributed by atoms with van der Waals surface area (Å²) in [6, 6.07) is 20.1. The molecule has 0 atom stereocenters. The van der Waals surface area contributed by atoms with Gasteiger partial charge in [0.25, 0.3) is 5.91 Å². The number of rotatable bonds is 5. The quantitative estimate of drug-likeness (QED) is 0.265. The molecular formula is C27H29N5O. The lowest BCUT2D eigenvalue weighted by molar-refractivity contribution is 0.0920. The van der Waals surface area contributed by atoms with Crippen LogP contribution >= 0.6 is 0 Å². The maximum atomic E-state index is 13.5. The number of aromatic nitrogens is 1. The summed E-state index contributed by atoms with van der Waals surface area (Å²) in [5, 5.41) is 14.2. The zero-order valence-corrected chi connectivity index (χ0v) is 18.6. The van der Waals surface area contributed by atoms with E-state index in [-0.39, 0.29) is 17.8 Å². The molecule has 0 saturated heterocycles. The summed E-state index contributed by atoms with van der Waals surface area (Å²) >= 11 is 0. The number of hydrogen-bond donors (Lipinski definition) is 4. The number of fused-ring (bicyclic) bond motifs is 2. The van der Waals surface area contributed by atoms with Crippen LogP contribution in [0.4, 0.5) is 5.69 Å². The number of carbonyl (C=O) groups is 1. The van der Waals surface area contributed by atoms with Crippen LogP contribution in [-0.4, -0.2) is 22.4 Å². The van der Waals surface area contributed by atoms with Crippen LogP contribution in [-0.2, 0) is 6.54 Å². The maximum absolute atomic E-state index is 13.5. The predicted octanol–water partition coefficient (Wildman–Crippen LogP) is 4.77. The van der Waals surface area contributed by atoms with Crippen LogP contribution in [0.5, 0.6) is 0 Å². The number of nitrogens with two attached hydrogens (primary N) is 2. The Morgan fingerprint density at radius 3 is 2.55 bits per heavy atom. The van der Waals surface area contributed by atoms with Crippen molar-refractivity contribution in [3.63, 3.8) is 0 Å². The number of amidine groups is 1. The summed E-state index contributed by atoms with van der Waals surface area (Å²) in [6.45, 7) is 0.490. The molecule has 1 aromatic heterocycles. The van der Waals surface area contributed by atoms with Gasteiger partial charge in [-0.05, 0) is 41.3 Å². The minimum Gasteiger partial charge on any atom is -0.396 e. The first-order valence-corrected chi connectivity index (χ1v) is 11.6. The van der Waals surface area contributed by atoms with Crippen molar-refractivity contribution in [2.45, 2.75) is 44.7 Å². The first-order chi connectivity index (χ1) is 16.0. The van der Waals surface area contributed by atoms with E-state index in [0.29, 0.717) is 23.5 Å². The molecule has 0 bridgehead atoms. The highest BCUT2D eigenvalue weighted by atomic mass is 16.2. The van der Waals surface area contributed by atoms with Gasteiger partial charge in [-0.15, -0.1) is 0 Å². The van der Waals surface area contributed by atoms with Crippen molar-refractivity contribution in [2.24, 2.45) is 5.73 Å². The highest BCUT2D eigenvalue weighted by Gasteiger charge is 2.25. The SMILES string of the molecule is N=C(N)c1ccc2c(N)c(C(=O)NC3CCCCC3)n(Cc3cccc4ccccc34)c2c1. The number of nitrogens with zero attached hydrogens (tertiary/aromatic N) is 1. The van der Waals surface area contributed by atoms with Crippen LogP contribution in [0.2, 0.25) is 0 Å². The third kappa shape index (κ3) is 3.93. The van der Waals surface area contributed by atoms with Gasteiger partial charge in [-0.3, -0.25) is 10.2 Å². The number of nitrogens with one attached hydrogen (secondary N) is 2. The average molecular weight is 440 g/mol. The van der Waals surface area contributed by atoms with Crippen molar-refractivity contribution >= 4 is 39.1 Å². The van der Waals surface area contributed by atoms with Gasteiger partial charge < -0.3 is 21.4 Å². The van der Waals surface area contributed by atoms with Crippen molar-refractivity contribution in [3.8, 4) is 0 Å². The van der Waals surface area contributed by atoms with E-state index in [1.807, 2.05) is 34.9 Å². The molecule has 6 N–H and O–H groups in total. The molecule has 1 heterocycles. The molecule has 0 radical (unpaired) electrons. The Balaban J connectivity index is 1.65. The largest absolute Gasteiger partial charge is 0.396 e. The summed E-state index contributed by atoms with van der Waals surface area (Å²) in [6.07, 6.45) is 5.51. The van der Waals surface area contributed by atoms with E-state index >= 15 is 0 Å². The Morgan fingerprint density at radius 1 is 1.00 bits per heavy atom. The third-order valence-corrected chi connectivity index (χ3v) is 6.78. The predicted molar refractivity (Wildman–Crippen MR) is 135 cm³/mol. The van der Waals surface area contributed by atoms with Crippen molar-refractivity contribution in [1.82, 2.24) is 9.88 Å². The Morgan fingerprint density at radius 2 is 1.76 bits per heavy atom. The molecule has 168 valence electrons. The average Bonchev–Trinajstić information content (AvgIpc) is 3.11. The Kier molecular flexibility index (Phi) is 5.50. The van der Waals surface area contributed by atoms with Crippen LogP contribution < -0.4 is 16.8 Å². The topological polar surface area (TPSA) is 110 Å². The molecule has 1 aliphatic rings. The van der Waals surface area contributed by atoms with Gasteiger partial charge in [0, 0.05) is 23.5 Å². The van der Waals surface area contributed by atoms with Gasteiger partial charge in [-0.25, -0.2) is 0 Å². The summed E-state index contributed by atoms with van der Waals surface area (Å²) in [4.78, 5) is 13.5. The lowest BCUT2D eigenvalue weighted by Gasteiger charge is -2.23. The Labute approximate surface area is 193 Å². The fourth-order valence-corrected chi connectivity index (χ4v) is 5.05. The maximum Gasteiger partial charge on any atom is 0.270 e. The molecule has 6 heteroatoms. The zero-order chi connectivity index (χ0) is 22.9. The first-order valence-electron chi connectivity index (χ1n) is 11.6. The van der Waals surface area contributed by atoms with Gasteiger partial charge in [-0.1, -0.05) is 67.8 Å². The normalized spacial score (nSPS) is 14.5. The molecule has 1 amide bonds. The van der Waals surface area contributed by atoms with E-state index < -0.39 is 0 Å². The molecular weight excluding hydrogens is 410 g/mol. The molecule has 6 nitrogen and oxygen atoms in total. The number of benzene rings is 3. The van der Waals surface area contributed by atoms with Gasteiger partial charge in [0.1, 0.15) is 11.5 Å². The minimum absolute atomic E-state index is 0.0124. The molecule has 4 aromatic rings. The standard InChI is InChI=1S/C27H29N5O/c28-24-22-14-13-18(26(29)30)15-23(22)32(25(24)27(33)31-20-10-2-1-3-11-20)16-19-9-6-8-17-7-4-5-12-21(17)19/h4-9,12-15,20H,1-3,10-11,16,28H2,(H3,29,30)(H,31,33). The highest BCUT2D eigenvalue weighted by molar-refractivity contribution is 6.10. The Bertz CT molecular complexity index is 1360. The summed E-state index contributed by atoms with van der Waals surface area (Å²) in [7, 11) is 0. The van der Waals surface area contributed by atoms with Crippen LogP contribution in [0.3, 0.4) is 0 Å². The number of carbonyl (C=O) groups excluding carboxylic acids is 1. The van der Waals surface area contributed by atoms with E-state index in [4.69, 9.17) is 16.9 Å². The van der Waals surface area contributed by atoms with Gasteiger partial charge in [0.2, 0.25) is 0 Å². The van der Waals surface area contributed by atoms with Gasteiger partial charge in [0.15, 0.2) is 0 Å². The molecule has 1 aliphatic carbocycles. The van der Waals surface area contributed by atoms with E-state index in [9.17, 15) is 4.79 Å². The molecule has 1 fully saturated rings. The molecule has 33 heavy (non-hydrogen) atoms. The fourth-order valence-electron chi connectivity index (χ4n) is 5.05. The molecule has 3 aromatic carbocycles. The minimum atomic E-state index is -0.139. The van der Waals surface area contributed by atoms with Gasteiger partial charge >= 0.3 is 0 Å². The summed E-state index contributed by atoms with van der Waals surface area (Å²) in [5.74, 6) is -0.151. The van der Waals surface area contributed by atoms with Crippen molar-refractivity contribution in [3.05, 3.63) is 77.5 Å². The number of nitrogen functional groups attached to an aromatic ring is 2. The second kappa shape index (κ2) is 8.62. The van der Waals surface area contributed by atoms with E-state index in [1.54, 1.807) is 6.07 Å². The number of anilines is 1. The van der Waals surface area contributed by atoms with E-state index in [2.05, 4.69) is 29.6 Å². The molecule has 0 unspecified atom stereocenters. The van der Waals surface area contributed by atoms with Crippen molar-refractivity contribution in [1.29, 1.82) is 5.41 Å². The summed E-state index contributed by atoms with van der Waals surface area (Å²) < 4.78 is 1.98. The third-order valence-electron chi connectivity index (χ3n) is 6.78. The Hall–Kier alpha value is -3.80. The first kappa shape index (κ1) is 21.1. The van der Waals surface area contributed by atoms with Crippen LogP contribution in [0.25, 0.3) is 21.7 Å². The van der Waals surface area contributed by atoms with Crippen LogP contribution in [0.15, 0.2) is 60.7 Å². The second-order valence-electron chi connectivity index (χ2n) is 8.94. The highest BCUT2D eigenvalue weighted by Crippen LogP contribution is 2.32. The zero-order valence-electron chi connectivity index (χ0n) is 18.6. The molecule has 0 spiro atoms. The van der Waals surface area contributed by atoms with Gasteiger partial charge in [-0.2, -0.15) is 0 Å². The lowest BCUT2D eigenvalue weighted by atomic mass is 9.95. The van der Waals surface area contributed by atoms with Gasteiger partial charge in [0.05, 0.1) is 11.2 Å². The van der Waals surface area contributed by atoms with E-state index in [1.165, 1.54) is 6.42 Å². The van der Waals surface area contributed by atoms with Crippen LogP contribution in [0, 0.1) is 5.41 Å². The van der Waals surface area contributed by atoms with Crippen molar-refractivity contribution in [2.75, 3.05) is 5.73 Å². The second-order valence-corrected chi connectivity index (χ2v) is 8.94. The lowest BCUT2D eigenvalue weighted by Crippen LogP contribution is -2.37. The monoisotopic (exact) mass is 439 g/mol. The van der Waals surface area contributed by atoms with Crippen LogP contribution in [0.1, 0.15) is 53.7 Å². The summed E-state index contributed by atoms with van der Waals surface area (Å²) in [5.41, 5.74) is 15.8. The van der Waals surface area contributed by atoms with E-state index in [0.717, 1.165) is 52.9 Å². The molecule has 0 aliphatic heterocycles. The molecule has 1 saturated carbocycles. The fraction of sp³-hybridized carbons (Fsp3) is 0.259. The smallest absolute Gasteiger partial charge is 0.270 e. The molecule has 5 rings (SSSR count). The van der Waals surface area contributed by atoms with Crippen molar-refractivity contribution < 1.29 is 4.79 Å². The number of hydrogen-bond acceptors (Lipinski definition) is 3. The number of amides is 1.